The summed E-state index contributed by atoms with van der Waals surface area (Å²) in [6.07, 6.45) is 4.71. The highest BCUT2D eigenvalue weighted by atomic mass is 19.1. The summed E-state index contributed by atoms with van der Waals surface area (Å²) >= 11 is 0. The summed E-state index contributed by atoms with van der Waals surface area (Å²) in [4.78, 5) is 23.8. The van der Waals surface area contributed by atoms with Crippen LogP contribution in [0.1, 0.15) is 39.3 Å². The molecule has 0 aliphatic carbocycles. The molecule has 0 radical (unpaired) electrons. The average Bonchev–Trinajstić information content (AvgIpc) is 3.21. The minimum absolute atomic E-state index is 0.194. The summed E-state index contributed by atoms with van der Waals surface area (Å²) in [5.74, 6) is -0.200. The van der Waals surface area contributed by atoms with Crippen molar-refractivity contribution in [2.75, 3.05) is 13.1 Å². The highest BCUT2D eigenvalue weighted by Gasteiger charge is 2.26. The van der Waals surface area contributed by atoms with Crippen LogP contribution in [-0.2, 0) is 19.5 Å². The molecule has 3 heterocycles. The molecule has 0 bridgehead atoms. The maximum absolute atomic E-state index is 13.9. The van der Waals surface area contributed by atoms with Crippen LogP contribution in [-0.4, -0.2) is 33.6 Å². The van der Waals surface area contributed by atoms with Gasteiger partial charge >= 0.3 is 6.03 Å². The van der Waals surface area contributed by atoms with Crippen molar-refractivity contribution < 1.29 is 9.18 Å². The highest BCUT2D eigenvalue weighted by molar-refractivity contribution is 5.97. The zero-order chi connectivity index (χ0) is 26.8. The molecule has 0 fully saturated rings. The van der Waals surface area contributed by atoms with Crippen molar-refractivity contribution in [3.63, 3.8) is 0 Å². The summed E-state index contributed by atoms with van der Waals surface area (Å²) in [6, 6.07) is 14.6. The first-order valence-corrected chi connectivity index (χ1v) is 12.7. The number of halogens is 1. The third-order valence-corrected chi connectivity index (χ3v) is 7.00. The third-order valence-electron chi connectivity index (χ3n) is 7.00. The normalized spacial score (nSPS) is 13.6. The Morgan fingerprint density at radius 3 is 2.66 bits per heavy atom. The van der Waals surface area contributed by atoms with Crippen molar-refractivity contribution in [3.05, 3.63) is 111 Å². The monoisotopic (exact) mass is 507 g/mol. The van der Waals surface area contributed by atoms with Crippen LogP contribution in [0.2, 0.25) is 0 Å². The van der Waals surface area contributed by atoms with E-state index in [0.717, 1.165) is 51.2 Å². The van der Waals surface area contributed by atoms with Gasteiger partial charge in [-0.25, -0.2) is 14.0 Å². The number of hydrogen-bond acceptors (Lipinski definition) is 3. The van der Waals surface area contributed by atoms with Gasteiger partial charge < -0.3 is 5.32 Å². The zero-order valence-corrected chi connectivity index (χ0v) is 21.9. The number of carbonyl (C=O) groups is 1. The Morgan fingerprint density at radius 1 is 1.13 bits per heavy atom. The minimum atomic E-state index is -0.200. The van der Waals surface area contributed by atoms with Gasteiger partial charge in [0.15, 0.2) is 5.69 Å². The fourth-order valence-electron chi connectivity index (χ4n) is 5.19. The van der Waals surface area contributed by atoms with Crippen LogP contribution in [0.4, 0.5) is 14.9 Å². The molecular weight excluding hydrogens is 477 g/mol. The maximum Gasteiger partial charge on any atom is 0.326 e. The van der Waals surface area contributed by atoms with E-state index < -0.39 is 0 Å². The minimum Gasteiger partial charge on any atom is -0.333 e. The topological polar surface area (TPSA) is 54.5 Å². The lowest BCUT2D eigenvalue weighted by atomic mass is 10.0. The molecule has 0 spiro atoms. The summed E-state index contributed by atoms with van der Waals surface area (Å²) < 4.78 is 15.6. The van der Waals surface area contributed by atoms with Crippen LogP contribution >= 0.6 is 0 Å². The van der Waals surface area contributed by atoms with Crippen molar-refractivity contribution in [2.24, 2.45) is 0 Å². The number of amides is 1. The number of nitrogens with zero attached hydrogens (tertiary/aromatic N) is 4. The number of nitrogens with one attached hydrogen (secondary N) is 1. The summed E-state index contributed by atoms with van der Waals surface area (Å²) in [5, 5.41) is 4.06. The number of pyridine rings is 1. The van der Waals surface area contributed by atoms with Crippen LogP contribution in [0.25, 0.3) is 21.8 Å². The van der Waals surface area contributed by atoms with Crippen LogP contribution in [0, 0.1) is 33.2 Å². The number of rotatable bonds is 5. The predicted molar refractivity (Wildman–Crippen MR) is 149 cm³/mol. The molecule has 1 aliphatic heterocycles. The quantitative estimate of drug-likeness (QED) is 0.315. The van der Waals surface area contributed by atoms with E-state index in [-0.39, 0.29) is 11.8 Å². The van der Waals surface area contributed by atoms with Crippen molar-refractivity contribution in [2.45, 2.75) is 40.3 Å². The molecule has 0 atom stereocenters. The molecule has 1 amide bonds. The average molecular weight is 508 g/mol. The Hall–Kier alpha value is -4.28. The van der Waals surface area contributed by atoms with Crippen LogP contribution < -0.4 is 5.32 Å². The van der Waals surface area contributed by atoms with Gasteiger partial charge in [-0.2, -0.15) is 0 Å². The number of benzene rings is 2. The standard InChI is InChI=1S/C31H30FN5O/c1-20-7-8-23(16-28(20)32)6-5-12-36-13-11-29-27(19-36)26-10-9-25(33-4)17-30(26)37(29)31(38)34-18-24-14-21(2)35-22(3)15-24/h5-10,14-17H,11-13,18-19H2,1-3H3,(H,34,38)/b6-5+. The molecule has 0 unspecified atom stereocenters. The number of hydrogen-bond donors (Lipinski definition) is 1. The smallest absolute Gasteiger partial charge is 0.326 e. The SMILES string of the molecule is [C-]#[N+]c1ccc2c3c(n(C(=O)NCc4cc(C)nc(C)c4)c2c1)CCN(C/C=C/c1ccc(C)c(F)c1)C3. The first-order valence-electron chi connectivity index (χ1n) is 12.7. The predicted octanol–water partition coefficient (Wildman–Crippen LogP) is 6.48. The number of aryl methyl sites for hydroxylation is 3. The Balaban J connectivity index is 1.39. The first-order chi connectivity index (χ1) is 18.3. The maximum atomic E-state index is 13.9. The molecule has 7 heteroatoms. The Kier molecular flexibility index (Phi) is 7.08. The number of fused-ring (bicyclic) bond motifs is 3. The Bertz CT molecular complexity index is 1590. The van der Waals surface area contributed by atoms with Gasteiger partial charge in [-0.3, -0.25) is 14.5 Å². The van der Waals surface area contributed by atoms with Crippen molar-refractivity contribution in [3.8, 4) is 0 Å². The first kappa shape index (κ1) is 25.4. The third kappa shape index (κ3) is 5.22. The molecule has 38 heavy (non-hydrogen) atoms. The van der Waals surface area contributed by atoms with Crippen molar-refractivity contribution >= 4 is 28.7 Å². The van der Waals surface area contributed by atoms with Gasteiger partial charge in [0.1, 0.15) is 5.82 Å². The summed E-state index contributed by atoms with van der Waals surface area (Å²) in [6.45, 7) is 15.7. The van der Waals surface area contributed by atoms with E-state index in [2.05, 4.69) is 26.1 Å². The second kappa shape index (κ2) is 10.6. The van der Waals surface area contributed by atoms with Gasteiger partial charge in [0.25, 0.3) is 0 Å². The molecule has 2 aromatic carbocycles. The van der Waals surface area contributed by atoms with Crippen LogP contribution in [0.15, 0.2) is 54.6 Å². The van der Waals surface area contributed by atoms with Gasteiger partial charge in [-0.1, -0.05) is 36.4 Å². The second-order valence-corrected chi connectivity index (χ2v) is 9.89. The fraction of sp³-hybridized carbons (Fsp3) is 0.258. The molecular formula is C31H30FN5O. The van der Waals surface area contributed by atoms with Crippen molar-refractivity contribution in [1.29, 1.82) is 0 Å². The molecule has 0 saturated heterocycles. The molecule has 1 aliphatic rings. The van der Waals surface area contributed by atoms with E-state index in [1.807, 2.05) is 50.3 Å². The summed E-state index contributed by atoms with van der Waals surface area (Å²) in [7, 11) is 0. The molecule has 1 N–H and O–H groups in total. The largest absolute Gasteiger partial charge is 0.333 e. The van der Waals surface area contributed by atoms with Gasteiger partial charge in [-0.05, 0) is 67.3 Å². The van der Waals surface area contributed by atoms with Crippen LogP contribution in [0.5, 0.6) is 0 Å². The highest BCUT2D eigenvalue weighted by Crippen LogP contribution is 2.33. The van der Waals surface area contributed by atoms with E-state index in [0.29, 0.717) is 37.3 Å². The van der Waals surface area contributed by atoms with E-state index >= 15 is 0 Å². The van der Waals surface area contributed by atoms with E-state index in [1.54, 1.807) is 29.7 Å². The molecule has 2 aromatic heterocycles. The zero-order valence-electron chi connectivity index (χ0n) is 21.9. The number of aromatic nitrogens is 2. The summed E-state index contributed by atoms with van der Waals surface area (Å²) in [5.41, 5.74) is 7.68. The van der Waals surface area contributed by atoms with Crippen molar-refractivity contribution in [1.82, 2.24) is 19.8 Å². The van der Waals surface area contributed by atoms with E-state index in [1.165, 1.54) is 0 Å². The lowest BCUT2D eigenvalue weighted by Crippen LogP contribution is -2.34. The van der Waals surface area contributed by atoms with E-state index in [4.69, 9.17) is 6.57 Å². The molecule has 5 rings (SSSR count). The van der Waals surface area contributed by atoms with Gasteiger partial charge in [0.05, 0.1) is 6.57 Å². The van der Waals surface area contributed by atoms with E-state index in [9.17, 15) is 9.18 Å². The Labute approximate surface area is 222 Å². The molecule has 4 aromatic rings. The van der Waals surface area contributed by atoms with Gasteiger partial charge in [0, 0.05) is 60.6 Å². The van der Waals surface area contributed by atoms with Gasteiger partial charge in [-0.15, -0.1) is 0 Å². The fourth-order valence-corrected chi connectivity index (χ4v) is 5.19. The molecule has 0 saturated carbocycles. The van der Waals surface area contributed by atoms with Gasteiger partial charge in [0.2, 0.25) is 0 Å². The number of carbonyl (C=O) groups excluding carboxylic acids is 1. The van der Waals surface area contributed by atoms with Crippen LogP contribution in [0.3, 0.4) is 0 Å². The lowest BCUT2D eigenvalue weighted by Gasteiger charge is -2.27. The molecule has 6 nitrogen and oxygen atoms in total. The lowest BCUT2D eigenvalue weighted by molar-refractivity contribution is 0.240. The second-order valence-electron chi connectivity index (χ2n) is 9.89. The Morgan fingerprint density at radius 2 is 1.92 bits per heavy atom. The molecule has 192 valence electrons.